The molecule has 1 heterocycles. The van der Waals surface area contributed by atoms with Gasteiger partial charge in [-0.3, -0.25) is 9.59 Å². The fraction of sp³-hybridized carbons (Fsp3) is 0.286. The first kappa shape index (κ1) is 12.4. The molecule has 94 valence electrons. The number of ketones is 1. The van der Waals surface area contributed by atoms with E-state index in [1.54, 1.807) is 26.0 Å². The molecule has 2 rings (SSSR count). The molecule has 0 saturated carbocycles. The first-order valence-electron chi connectivity index (χ1n) is 5.94. The topological polar surface area (TPSA) is 59.3 Å². The summed E-state index contributed by atoms with van der Waals surface area (Å²) < 4.78 is 5.42. The molecule has 0 saturated heterocycles. The minimum Gasteiger partial charge on any atom is -0.451 e. The first-order chi connectivity index (χ1) is 8.61. The average Bonchev–Trinajstić information content (AvgIpc) is 2.81. The number of amides is 1. The maximum absolute atomic E-state index is 11.9. The number of nitrogens with one attached hydrogen (secondary N) is 1. The van der Waals surface area contributed by atoms with Gasteiger partial charge in [-0.1, -0.05) is 25.1 Å². The van der Waals surface area contributed by atoms with Crippen LogP contribution in [0.5, 0.6) is 0 Å². The number of furan rings is 1. The second kappa shape index (κ2) is 5.04. The number of carbonyl (C=O) groups is 2. The van der Waals surface area contributed by atoms with Crippen molar-refractivity contribution in [1.82, 2.24) is 5.32 Å². The normalized spacial score (nSPS) is 12.3. The van der Waals surface area contributed by atoms with Crippen molar-refractivity contribution >= 4 is 22.7 Å². The molecule has 1 atom stereocenters. The summed E-state index contributed by atoms with van der Waals surface area (Å²) >= 11 is 0. The standard InChI is InChI=1S/C14H15NO3/c1-3-11(16)9(2)15-14(17)13-8-10-6-4-5-7-12(10)18-13/h4-9H,3H2,1-2H3,(H,15,17). The van der Waals surface area contributed by atoms with Gasteiger partial charge in [-0.15, -0.1) is 0 Å². The van der Waals surface area contributed by atoms with E-state index in [1.165, 1.54) is 0 Å². The maximum Gasteiger partial charge on any atom is 0.287 e. The number of benzene rings is 1. The number of rotatable bonds is 4. The van der Waals surface area contributed by atoms with E-state index in [0.29, 0.717) is 12.0 Å². The largest absolute Gasteiger partial charge is 0.451 e. The van der Waals surface area contributed by atoms with Crippen LogP contribution in [0.3, 0.4) is 0 Å². The summed E-state index contributed by atoms with van der Waals surface area (Å²) in [5.74, 6) is -0.132. The lowest BCUT2D eigenvalue weighted by Gasteiger charge is -2.09. The van der Waals surface area contributed by atoms with Crippen LogP contribution in [-0.2, 0) is 4.79 Å². The van der Waals surface area contributed by atoms with Crippen LogP contribution in [0.2, 0.25) is 0 Å². The highest BCUT2D eigenvalue weighted by Crippen LogP contribution is 2.18. The summed E-state index contributed by atoms with van der Waals surface area (Å²) in [5.41, 5.74) is 0.664. The van der Waals surface area contributed by atoms with Gasteiger partial charge in [0, 0.05) is 11.8 Å². The summed E-state index contributed by atoms with van der Waals surface area (Å²) in [6.07, 6.45) is 0.404. The molecular formula is C14H15NO3. The highest BCUT2D eigenvalue weighted by atomic mass is 16.3. The molecule has 0 radical (unpaired) electrons. The molecule has 1 aromatic carbocycles. The van der Waals surface area contributed by atoms with Crippen LogP contribution in [0.4, 0.5) is 0 Å². The fourth-order valence-electron chi connectivity index (χ4n) is 1.75. The van der Waals surface area contributed by atoms with Crippen LogP contribution in [0.25, 0.3) is 11.0 Å². The Hall–Kier alpha value is -2.10. The van der Waals surface area contributed by atoms with Gasteiger partial charge >= 0.3 is 0 Å². The molecule has 2 aromatic rings. The van der Waals surface area contributed by atoms with Crippen molar-refractivity contribution < 1.29 is 14.0 Å². The molecular weight excluding hydrogens is 230 g/mol. The van der Waals surface area contributed by atoms with Crippen LogP contribution < -0.4 is 5.32 Å². The van der Waals surface area contributed by atoms with Gasteiger partial charge in [0.05, 0.1) is 6.04 Å². The summed E-state index contributed by atoms with van der Waals surface area (Å²) in [4.78, 5) is 23.3. The van der Waals surface area contributed by atoms with Crippen molar-refractivity contribution in [2.75, 3.05) is 0 Å². The predicted molar refractivity (Wildman–Crippen MR) is 68.4 cm³/mol. The van der Waals surface area contributed by atoms with Crippen molar-refractivity contribution in [3.8, 4) is 0 Å². The second-order valence-electron chi connectivity index (χ2n) is 4.16. The van der Waals surface area contributed by atoms with Gasteiger partial charge in [-0.2, -0.15) is 0 Å². The van der Waals surface area contributed by atoms with Crippen LogP contribution in [0.1, 0.15) is 30.8 Å². The van der Waals surface area contributed by atoms with Crippen molar-refractivity contribution in [3.05, 3.63) is 36.1 Å². The highest BCUT2D eigenvalue weighted by Gasteiger charge is 2.17. The summed E-state index contributed by atoms with van der Waals surface area (Å²) in [5, 5.41) is 3.50. The molecule has 1 unspecified atom stereocenters. The molecule has 4 heteroatoms. The van der Waals surface area contributed by atoms with E-state index in [4.69, 9.17) is 4.42 Å². The van der Waals surface area contributed by atoms with E-state index in [9.17, 15) is 9.59 Å². The Bertz CT molecular complexity index is 552. The fourth-order valence-corrected chi connectivity index (χ4v) is 1.75. The van der Waals surface area contributed by atoms with Crippen molar-refractivity contribution in [2.45, 2.75) is 26.3 Å². The quantitative estimate of drug-likeness (QED) is 0.900. The van der Waals surface area contributed by atoms with Crippen LogP contribution >= 0.6 is 0 Å². The minimum atomic E-state index is -0.490. The molecule has 0 spiro atoms. The maximum atomic E-state index is 11.9. The molecule has 4 nitrogen and oxygen atoms in total. The van der Waals surface area contributed by atoms with Crippen molar-refractivity contribution in [3.63, 3.8) is 0 Å². The Morgan fingerprint density at radius 3 is 2.72 bits per heavy atom. The Labute approximate surface area is 105 Å². The highest BCUT2D eigenvalue weighted by molar-refractivity contribution is 5.98. The van der Waals surface area contributed by atoms with Gasteiger partial charge in [-0.05, 0) is 19.1 Å². The molecule has 1 aromatic heterocycles. The molecule has 1 amide bonds. The molecule has 18 heavy (non-hydrogen) atoms. The lowest BCUT2D eigenvalue weighted by Crippen LogP contribution is -2.37. The van der Waals surface area contributed by atoms with E-state index in [2.05, 4.69) is 5.32 Å². The molecule has 0 bridgehead atoms. The van der Waals surface area contributed by atoms with Gasteiger partial charge in [0.2, 0.25) is 0 Å². The number of hydrogen-bond acceptors (Lipinski definition) is 3. The Balaban J connectivity index is 2.16. The zero-order chi connectivity index (χ0) is 13.1. The van der Waals surface area contributed by atoms with Gasteiger partial charge in [0.1, 0.15) is 5.58 Å². The van der Waals surface area contributed by atoms with Crippen LogP contribution in [0.15, 0.2) is 34.7 Å². The number of fused-ring (bicyclic) bond motifs is 1. The summed E-state index contributed by atoms with van der Waals surface area (Å²) in [6, 6.07) is 8.58. The Kier molecular flexibility index (Phi) is 3.46. The molecule has 0 aliphatic rings. The van der Waals surface area contributed by atoms with Crippen molar-refractivity contribution in [1.29, 1.82) is 0 Å². The number of hydrogen-bond donors (Lipinski definition) is 1. The van der Waals surface area contributed by atoms with E-state index in [-0.39, 0.29) is 17.5 Å². The number of para-hydroxylation sites is 1. The average molecular weight is 245 g/mol. The summed E-state index contributed by atoms with van der Waals surface area (Å²) in [6.45, 7) is 3.44. The first-order valence-corrected chi connectivity index (χ1v) is 5.94. The number of carbonyl (C=O) groups excluding carboxylic acids is 2. The predicted octanol–water partition coefficient (Wildman–Crippen LogP) is 2.53. The molecule has 1 N–H and O–H groups in total. The van der Waals surface area contributed by atoms with E-state index >= 15 is 0 Å². The van der Waals surface area contributed by atoms with Crippen LogP contribution in [0, 0.1) is 0 Å². The smallest absolute Gasteiger partial charge is 0.287 e. The lowest BCUT2D eigenvalue weighted by atomic mass is 10.1. The zero-order valence-corrected chi connectivity index (χ0v) is 10.4. The SMILES string of the molecule is CCC(=O)C(C)NC(=O)c1cc2ccccc2o1. The Morgan fingerprint density at radius 2 is 2.06 bits per heavy atom. The molecule has 0 fully saturated rings. The van der Waals surface area contributed by atoms with E-state index < -0.39 is 6.04 Å². The van der Waals surface area contributed by atoms with Gasteiger partial charge < -0.3 is 9.73 Å². The van der Waals surface area contributed by atoms with Gasteiger partial charge in [0.15, 0.2) is 11.5 Å². The zero-order valence-electron chi connectivity index (χ0n) is 10.4. The van der Waals surface area contributed by atoms with Crippen LogP contribution in [-0.4, -0.2) is 17.7 Å². The molecule has 0 aliphatic heterocycles. The third-order valence-electron chi connectivity index (χ3n) is 2.83. The molecule has 0 aliphatic carbocycles. The second-order valence-corrected chi connectivity index (χ2v) is 4.16. The minimum absolute atomic E-state index is 0.000499. The lowest BCUT2D eigenvalue weighted by molar-refractivity contribution is -0.120. The third-order valence-corrected chi connectivity index (χ3v) is 2.83. The number of Topliss-reactive ketones (excluding diaryl/α,β-unsaturated/α-hetero) is 1. The third kappa shape index (κ3) is 2.42. The van der Waals surface area contributed by atoms with E-state index in [1.807, 2.05) is 18.2 Å². The van der Waals surface area contributed by atoms with E-state index in [0.717, 1.165) is 5.39 Å². The monoisotopic (exact) mass is 245 g/mol. The summed E-state index contributed by atoms with van der Waals surface area (Å²) in [7, 11) is 0. The van der Waals surface area contributed by atoms with Gasteiger partial charge in [-0.25, -0.2) is 0 Å². The van der Waals surface area contributed by atoms with Crippen molar-refractivity contribution in [2.24, 2.45) is 0 Å². The Morgan fingerprint density at radius 1 is 1.33 bits per heavy atom. The van der Waals surface area contributed by atoms with Gasteiger partial charge in [0.25, 0.3) is 5.91 Å².